The number of rotatable bonds is 11. The van der Waals surface area contributed by atoms with Gasteiger partial charge in [-0.15, -0.1) is 13.2 Å². The van der Waals surface area contributed by atoms with Crippen LogP contribution in [0, 0.1) is 17.3 Å². The highest BCUT2D eigenvalue weighted by atomic mass is 16.6. The molecule has 0 aromatic heterocycles. The van der Waals surface area contributed by atoms with E-state index in [9.17, 15) is 14.4 Å². The van der Waals surface area contributed by atoms with Gasteiger partial charge in [0.05, 0.1) is 24.4 Å². The third-order valence-electron chi connectivity index (χ3n) is 6.81. The molecule has 7 heteroatoms. The maximum Gasteiger partial charge on any atom is 0.311 e. The van der Waals surface area contributed by atoms with Gasteiger partial charge in [0.25, 0.3) is 0 Å². The van der Waals surface area contributed by atoms with Crippen molar-refractivity contribution in [1.82, 2.24) is 0 Å². The minimum absolute atomic E-state index is 0.0976. The molecule has 0 aliphatic heterocycles. The Morgan fingerprint density at radius 1 is 0.921 bits per heavy atom. The number of carbonyl (C=O) groups is 3. The minimum atomic E-state index is -1.12. The molecule has 0 saturated carbocycles. The lowest BCUT2D eigenvalue weighted by atomic mass is 9.74. The molecule has 7 nitrogen and oxygen atoms in total. The number of esters is 3. The van der Waals surface area contributed by atoms with E-state index in [0.29, 0.717) is 6.42 Å². The van der Waals surface area contributed by atoms with Crippen LogP contribution in [-0.4, -0.2) is 36.9 Å². The molecule has 1 N–H and O–H groups in total. The predicted molar refractivity (Wildman–Crippen MR) is 148 cm³/mol. The first-order valence-electron chi connectivity index (χ1n) is 12.7. The van der Waals surface area contributed by atoms with E-state index in [1.54, 1.807) is 20.8 Å². The molecule has 38 heavy (non-hydrogen) atoms. The van der Waals surface area contributed by atoms with Crippen LogP contribution >= 0.6 is 0 Å². The van der Waals surface area contributed by atoms with E-state index in [-0.39, 0.29) is 19.4 Å². The second-order valence-electron chi connectivity index (χ2n) is 9.46. The molecule has 0 heterocycles. The Labute approximate surface area is 224 Å². The van der Waals surface area contributed by atoms with Crippen LogP contribution in [0.4, 0.5) is 0 Å². The number of hydrogen-bond acceptors (Lipinski definition) is 7. The maximum atomic E-state index is 13.1. The van der Waals surface area contributed by atoms with E-state index in [4.69, 9.17) is 19.3 Å². The second kappa shape index (κ2) is 14.3. The van der Waals surface area contributed by atoms with Gasteiger partial charge in [0, 0.05) is 5.56 Å². The largest absolute Gasteiger partial charge is 0.469 e. The van der Waals surface area contributed by atoms with E-state index in [1.165, 1.54) is 7.11 Å². The quantitative estimate of drug-likeness (QED) is 0.109. The first kappa shape index (κ1) is 30.5. The molecule has 0 spiro atoms. The summed E-state index contributed by atoms with van der Waals surface area (Å²) in [5.74, 6) is -2.79. The van der Waals surface area contributed by atoms with Crippen molar-refractivity contribution in [1.29, 1.82) is 0 Å². The van der Waals surface area contributed by atoms with Gasteiger partial charge in [-0.2, -0.15) is 0 Å². The number of hydrogen-bond donors (Lipinski definition) is 1. The normalized spacial score (nSPS) is 13.9. The summed E-state index contributed by atoms with van der Waals surface area (Å²) in [7, 11) is 1.28. The van der Waals surface area contributed by atoms with Crippen LogP contribution in [0.3, 0.4) is 0 Å². The molecular weight excluding hydrogens is 484 g/mol. The van der Waals surface area contributed by atoms with Gasteiger partial charge in [-0.1, -0.05) is 62.4 Å². The summed E-state index contributed by atoms with van der Waals surface area (Å²) in [4.78, 5) is 38.0. The van der Waals surface area contributed by atoms with Gasteiger partial charge in [0.1, 0.15) is 6.61 Å². The Bertz CT molecular complexity index is 1200. The third kappa shape index (κ3) is 7.19. The smallest absolute Gasteiger partial charge is 0.311 e. The summed E-state index contributed by atoms with van der Waals surface area (Å²) >= 11 is 0. The molecule has 0 bridgehead atoms. The zero-order valence-electron chi connectivity index (χ0n) is 22.7. The molecule has 0 amide bonds. The third-order valence-corrected chi connectivity index (χ3v) is 6.81. The van der Waals surface area contributed by atoms with Crippen LogP contribution < -0.4 is 0 Å². The van der Waals surface area contributed by atoms with Crippen molar-refractivity contribution < 1.29 is 33.7 Å². The van der Waals surface area contributed by atoms with Crippen molar-refractivity contribution in [2.75, 3.05) is 13.9 Å². The average Bonchev–Trinajstić information content (AvgIpc) is 2.94. The fourth-order valence-corrected chi connectivity index (χ4v) is 4.92. The Balaban J connectivity index is 0.00000247. The van der Waals surface area contributed by atoms with Crippen molar-refractivity contribution in [2.45, 2.75) is 46.6 Å². The lowest BCUT2D eigenvalue weighted by molar-refractivity contribution is -0.162. The monoisotopic (exact) mass is 522 g/mol. The first-order valence-corrected chi connectivity index (χ1v) is 12.7. The number of carbonyl (C=O) groups excluding carboxylic acids is 3. The van der Waals surface area contributed by atoms with Gasteiger partial charge in [-0.05, 0) is 53.8 Å². The van der Waals surface area contributed by atoms with E-state index < -0.39 is 42.0 Å². The van der Waals surface area contributed by atoms with Crippen LogP contribution in [0.2, 0.25) is 0 Å². The number of aliphatic hydroxyl groups excluding tert-OH is 1. The highest BCUT2D eigenvalue weighted by molar-refractivity contribution is 6.02. The fourth-order valence-electron chi connectivity index (χ4n) is 4.92. The van der Waals surface area contributed by atoms with Crippen LogP contribution in [0.15, 0.2) is 67.8 Å². The van der Waals surface area contributed by atoms with Crippen molar-refractivity contribution >= 4 is 39.5 Å². The van der Waals surface area contributed by atoms with Gasteiger partial charge < -0.3 is 19.3 Å². The molecule has 3 aromatic rings. The predicted octanol–water partition coefficient (Wildman–Crippen LogP) is 5.95. The topological polar surface area (TPSA) is 99.1 Å². The van der Waals surface area contributed by atoms with E-state index in [2.05, 4.69) is 19.2 Å². The van der Waals surface area contributed by atoms with Gasteiger partial charge in [-0.3, -0.25) is 14.4 Å². The van der Waals surface area contributed by atoms with E-state index in [0.717, 1.165) is 27.1 Å². The highest BCUT2D eigenvalue weighted by Gasteiger charge is 2.41. The Hall–Kier alpha value is -3.71. The molecule has 3 aromatic carbocycles. The summed E-state index contributed by atoms with van der Waals surface area (Å²) in [6, 6.07) is 18.1. The van der Waals surface area contributed by atoms with E-state index >= 15 is 0 Å². The molecule has 3 unspecified atom stereocenters. The Morgan fingerprint density at radius 3 is 1.97 bits per heavy atom. The molecule has 0 radical (unpaired) electrons. The van der Waals surface area contributed by atoms with Crippen LogP contribution in [0.1, 0.15) is 45.6 Å². The summed E-state index contributed by atoms with van der Waals surface area (Å²) in [6.45, 7) is 10.6. The van der Waals surface area contributed by atoms with Gasteiger partial charge in [-0.25, -0.2) is 0 Å². The number of fused-ring (bicyclic) bond motifs is 2. The van der Waals surface area contributed by atoms with Crippen LogP contribution in [0.5, 0.6) is 0 Å². The lowest BCUT2D eigenvalue weighted by Crippen LogP contribution is -2.37. The number of ether oxygens (including phenoxy) is 3. The van der Waals surface area contributed by atoms with Crippen molar-refractivity contribution in [3.63, 3.8) is 0 Å². The second-order valence-corrected chi connectivity index (χ2v) is 9.46. The summed E-state index contributed by atoms with van der Waals surface area (Å²) < 4.78 is 15.5. The Kier molecular flexibility index (Phi) is 11.5. The zero-order chi connectivity index (χ0) is 28.3. The highest BCUT2D eigenvalue weighted by Crippen LogP contribution is 2.37. The molecule has 3 rings (SSSR count). The van der Waals surface area contributed by atoms with E-state index in [1.807, 2.05) is 48.5 Å². The molecule has 204 valence electrons. The number of benzene rings is 3. The van der Waals surface area contributed by atoms with Crippen molar-refractivity contribution in [3.05, 3.63) is 73.3 Å². The minimum Gasteiger partial charge on any atom is -0.469 e. The molecule has 3 atom stereocenters. The summed E-state index contributed by atoms with van der Waals surface area (Å²) in [5, 5.41) is 13.1. The lowest BCUT2D eigenvalue weighted by Gasteiger charge is -2.31. The van der Waals surface area contributed by atoms with Crippen molar-refractivity contribution in [3.8, 4) is 0 Å². The fraction of sp³-hybridized carbons (Fsp3) is 0.387. The molecule has 0 fully saturated rings. The molecule has 0 saturated heterocycles. The maximum absolute atomic E-state index is 13.1. The summed E-state index contributed by atoms with van der Waals surface area (Å²) in [6.07, 6.45) is 0.677. The summed E-state index contributed by atoms with van der Waals surface area (Å²) in [5.41, 5.74) is -0.188. The molecular formula is C31H38O7. The first-order chi connectivity index (χ1) is 18.2. The van der Waals surface area contributed by atoms with Gasteiger partial charge >= 0.3 is 17.9 Å². The molecule has 0 aliphatic carbocycles. The Morgan fingerprint density at radius 2 is 1.47 bits per heavy atom. The average molecular weight is 523 g/mol. The van der Waals surface area contributed by atoms with Gasteiger partial charge in [0.15, 0.2) is 6.79 Å². The number of aliphatic hydroxyl groups is 1. The van der Waals surface area contributed by atoms with Gasteiger partial charge in [0.2, 0.25) is 0 Å². The standard InChI is InChI=1S/C29H34O7.C2H4/c1-5-20(27(32)36-18-30)16-29(3,28(33)34-4)15-19(2)26(31)35-17-25-23-12-8-6-10-21(23)14-22-11-7-9-13-24(22)25;1-2/h6-14,19-20,30H,5,15-18H2,1-4H3;1-2H2. The molecule has 0 aliphatic rings. The van der Waals surface area contributed by atoms with Crippen molar-refractivity contribution in [2.24, 2.45) is 17.3 Å². The number of methoxy groups -OCH3 is 1. The van der Waals surface area contributed by atoms with Crippen LogP contribution in [-0.2, 0) is 35.2 Å². The zero-order valence-corrected chi connectivity index (χ0v) is 22.7. The SMILES string of the molecule is C=C.CCC(CC(C)(CC(C)C(=O)OCc1c2ccccc2cc2ccccc12)C(=O)OC)C(=O)OCO. The van der Waals surface area contributed by atoms with Crippen LogP contribution in [0.25, 0.3) is 21.5 Å².